The minimum atomic E-state index is -0.465. The zero-order chi connectivity index (χ0) is 21.1. The van der Waals surface area contributed by atoms with E-state index in [-0.39, 0.29) is 12.1 Å². The average Bonchev–Trinajstić information content (AvgIpc) is 2.76. The molecule has 2 rings (SSSR count). The molecule has 2 N–H and O–H groups in total. The largest absolute Gasteiger partial charge is 0.493 e. The molecule has 8 heteroatoms. The Morgan fingerprint density at radius 2 is 1.66 bits per heavy atom. The Morgan fingerprint density at radius 3 is 2.24 bits per heavy atom. The number of hydrogen-bond acceptors (Lipinski definition) is 6. The van der Waals surface area contributed by atoms with Crippen LogP contribution >= 0.6 is 0 Å². The van der Waals surface area contributed by atoms with Crippen LogP contribution in [0.25, 0.3) is 6.08 Å². The second-order valence-corrected chi connectivity index (χ2v) is 5.68. The number of hydrogen-bond donors (Lipinski definition) is 2. The topological polar surface area (TPSA) is 98.2 Å². The van der Waals surface area contributed by atoms with Gasteiger partial charge in [0, 0.05) is 11.8 Å². The zero-order valence-electron chi connectivity index (χ0n) is 16.5. The van der Waals surface area contributed by atoms with Gasteiger partial charge in [-0.25, -0.2) is 5.43 Å². The Bertz CT molecular complexity index is 869. The van der Waals surface area contributed by atoms with Gasteiger partial charge in [-0.1, -0.05) is 36.4 Å². The van der Waals surface area contributed by atoms with Gasteiger partial charge in [-0.2, -0.15) is 5.10 Å². The van der Waals surface area contributed by atoms with Gasteiger partial charge < -0.3 is 19.5 Å². The number of rotatable bonds is 9. The van der Waals surface area contributed by atoms with E-state index >= 15 is 0 Å². The highest BCUT2D eigenvalue weighted by Gasteiger charge is 2.17. The molecule has 0 fully saturated rings. The molecule has 2 aromatic rings. The van der Waals surface area contributed by atoms with E-state index in [0.29, 0.717) is 17.2 Å². The van der Waals surface area contributed by atoms with Crippen molar-refractivity contribution in [3.05, 3.63) is 59.7 Å². The highest BCUT2D eigenvalue weighted by Crippen LogP contribution is 2.38. The first kappa shape index (κ1) is 21.5. The van der Waals surface area contributed by atoms with Gasteiger partial charge >= 0.3 is 0 Å². The van der Waals surface area contributed by atoms with Crippen LogP contribution in [0.3, 0.4) is 0 Å². The molecule has 0 bridgehead atoms. The van der Waals surface area contributed by atoms with Crippen molar-refractivity contribution in [1.29, 1.82) is 0 Å². The summed E-state index contributed by atoms with van der Waals surface area (Å²) in [7, 11) is 4.38. The van der Waals surface area contributed by atoms with Gasteiger partial charge in [0.1, 0.15) is 0 Å². The van der Waals surface area contributed by atoms with Crippen molar-refractivity contribution in [2.75, 3.05) is 27.9 Å². The van der Waals surface area contributed by atoms with Gasteiger partial charge in [-0.3, -0.25) is 9.59 Å². The van der Waals surface area contributed by atoms with E-state index in [4.69, 9.17) is 14.2 Å². The first-order chi connectivity index (χ1) is 14.1. The summed E-state index contributed by atoms with van der Waals surface area (Å²) in [5.74, 6) is 0.136. The van der Waals surface area contributed by atoms with Crippen molar-refractivity contribution in [1.82, 2.24) is 10.7 Å². The minimum absolute atomic E-state index is 0.241. The Balaban J connectivity index is 1.87. The monoisotopic (exact) mass is 397 g/mol. The van der Waals surface area contributed by atoms with Gasteiger partial charge in [0.05, 0.1) is 27.9 Å². The summed E-state index contributed by atoms with van der Waals surface area (Å²) in [6.07, 6.45) is 5.00. The maximum atomic E-state index is 12.3. The molecule has 0 saturated carbocycles. The number of allylic oxidation sites excluding steroid dienone is 1. The van der Waals surface area contributed by atoms with E-state index in [9.17, 15) is 9.59 Å². The van der Waals surface area contributed by atoms with Crippen molar-refractivity contribution in [3.8, 4) is 17.2 Å². The molecule has 0 unspecified atom stereocenters. The van der Waals surface area contributed by atoms with Crippen LogP contribution in [0.15, 0.2) is 53.6 Å². The predicted molar refractivity (Wildman–Crippen MR) is 111 cm³/mol. The van der Waals surface area contributed by atoms with Crippen LogP contribution in [0.2, 0.25) is 0 Å². The number of nitrogens with zero attached hydrogens (tertiary/aromatic N) is 1. The molecular formula is C21H23N3O5. The molecule has 2 amide bonds. The molecule has 0 saturated heterocycles. The van der Waals surface area contributed by atoms with Crippen molar-refractivity contribution in [2.45, 2.75) is 0 Å². The van der Waals surface area contributed by atoms with E-state index in [1.54, 1.807) is 6.08 Å². The van der Waals surface area contributed by atoms with Crippen LogP contribution in [0.4, 0.5) is 0 Å². The molecule has 0 atom stereocenters. The van der Waals surface area contributed by atoms with Crippen LogP contribution in [-0.4, -0.2) is 45.9 Å². The third-order valence-corrected chi connectivity index (χ3v) is 3.77. The number of amides is 2. The number of benzene rings is 2. The number of ether oxygens (including phenoxy) is 3. The van der Waals surface area contributed by atoms with Gasteiger partial charge in [0.25, 0.3) is 11.8 Å². The number of carbonyl (C=O) groups excluding carboxylic acids is 2. The Morgan fingerprint density at radius 1 is 1.00 bits per heavy atom. The third kappa shape index (κ3) is 6.39. The molecule has 8 nitrogen and oxygen atoms in total. The molecule has 2 aromatic carbocycles. The Kier molecular flexibility index (Phi) is 8.25. The Hall–Kier alpha value is -3.81. The highest BCUT2D eigenvalue weighted by molar-refractivity contribution is 5.97. The quantitative estimate of drug-likeness (QED) is 0.500. The van der Waals surface area contributed by atoms with E-state index in [2.05, 4.69) is 15.8 Å². The lowest BCUT2D eigenvalue weighted by molar-refractivity contribution is -0.120. The van der Waals surface area contributed by atoms with Crippen molar-refractivity contribution in [3.63, 3.8) is 0 Å². The molecule has 0 heterocycles. The minimum Gasteiger partial charge on any atom is -0.493 e. The predicted octanol–water partition coefficient (Wildman–Crippen LogP) is 2.26. The maximum Gasteiger partial charge on any atom is 0.259 e. The molecule has 0 aromatic heterocycles. The van der Waals surface area contributed by atoms with E-state index in [0.717, 1.165) is 5.56 Å². The van der Waals surface area contributed by atoms with Crippen molar-refractivity contribution < 1.29 is 23.8 Å². The maximum absolute atomic E-state index is 12.3. The molecule has 0 aliphatic rings. The molecule has 0 aliphatic carbocycles. The zero-order valence-corrected chi connectivity index (χ0v) is 16.5. The fourth-order valence-corrected chi connectivity index (χ4v) is 2.38. The summed E-state index contributed by atoms with van der Waals surface area (Å²) in [5.41, 5.74) is 3.62. The summed E-state index contributed by atoms with van der Waals surface area (Å²) < 4.78 is 15.6. The second kappa shape index (κ2) is 11.1. The van der Waals surface area contributed by atoms with Gasteiger partial charge in [-0.15, -0.1) is 0 Å². The number of nitrogens with one attached hydrogen (secondary N) is 2. The average molecular weight is 397 g/mol. The van der Waals surface area contributed by atoms with Gasteiger partial charge in [0.15, 0.2) is 11.5 Å². The first-order valence-electron chi connectivity index (χ1n) is 8.71. The molecule has 0 spiro atoms. The lowest BCUT2D eigenvalue weighted by atomic mass is 10.1. The number of methoxy groups -OCH3 is 3. The highest BCUT2D eigenvalue weighted by atomic mass is 16.5. The van der Waals surface area contributed by atoms with Gasteiger partial charge in [0.2, 0.25) is 5.75 Å². The van der Waals surface area contributed by atoms with Gasteiger partial charge in [-0.05, 0) is 23.8 Å². The molecule has 0 aliphatic heterocycles. The van der Waals surface area contributed by atoms with Crippen LogP contribution < -0.4 is 25.0 Å². The van der Waals surface area contributed by atoms with E-state index in [1.165, 1.54) is 39.7 Å². The van der Waals surface area contributed by atoms with Crippen molar-refractivity contribution in [2.24, 2.45) is 5.10 Å². The summed E-state index contributed by atoms with van der Waals surface area (Å²) in [5, 5.41) is 6.31. The number of carbonyl (C=O) groups is 2. The van der Waals surface area contributed by atoms with Crippen LogP contribution in [0, 0.1) is 0 Å². The summed E-state index contributed by atoms with van der Waals surface area (Å²) >= 11 is 0. The van der Waals surface area contributed by atoms with Crippen LogP contribution in [-0.2, 0) is 4.79 Å². The van der Waals surface area contributed by atoms with E-state index < -0.39 is 11.8 Å². The van der Waals surface area contributed by atoms with Crippen LogP contribution in [0.1, 0.15) is 15.9 Å². The summed E-state index contributed by atoms with van der Waals surface area (Å²) in [6, 6.07) is 12.7. The third-order valence-electron chi connectivity index (χ3n) is 3.77. The Labute approximate surface area is 169 Å². The molecule has 0 radical (unpaired) electrons. The number of hydrazone groups is 1. The lowest BCUT2D eigenvalue weighted by Gasteiger charge is -2.13. The molecular weight excluding hydrogens is 374 g/mol. The molecule has 152 valence electrons. The fourth-order valence-electron chi connectivity index (χ4n) is 2.38. The fraction of sp³-hybridized carbons (Fsp3) is 0.190. The standard InChI is InChI=1S/C21H23N3O5/c1-27-17-12-16(13-18(28-2)20(17)29-3)21(26)22-14-19(25)24-23-11-7-10-15-8-5-4-6-9-15/h4-13H,14H2,1-3H3,(H,22,26)(H,24,25). The lowest BCUT2D eigenvalue weighted by Crippen LogP contribution is -2.34. The first-order valence-corrected chi connectivity index (χ1v) is 8.71. The SMILES string of the molecule is COc1cc(C(=O)NCC(=O)NN=CC=Cc2ccccc2)cc(OC)c1OC. The summed E-state index contributed by atoms with van der Waals surface area (Å²) in [6.45, 7) is -0.241. The second-order valence-electron chi connectivity index (χ2n) is 5.68. The smallest absolute Gasteiger partial charge is 0.259 e. The molecule has 29 heavy (non-hydrogen) atoms. The normalized spacial score (nSPS) is 10.7. The summed E-state index contributed by atoms with van der Waals surface area (Å²) in [4.78, 5) is 24.2. The van der Waals surface area contributed by atoms with E-state index in [1.807, 2.05) is 36.4 Å². The van der Waals surface area contributed by atoms with Crippen LogP contribution in [0.5, 0.6) is 17.2 Å². The van der Waals surface area contributed by atoms with Crippen molar-refractivity contribution >= 4 is 24.1 Å².